The first-order chi connectivity index (χ1) is 11.9. The Bertz CT molecular complexity index is 1110. The van der Waals surface area contributed by atoms with Gasteiger partial charge in [0.15, 0.2) is 11.2 Å². The first-order valence-electron chi connectivity index (χ1n) is 8.07. The summed E-state index contributed by atoms with van der Waals surface area (Å²) in [7, 11) is 3.04. The predicted molar refractivity (Wildman–Crippen MR) is 94.4 cm³/mol. The van der Waals surface area contributed by atoms with Crippen LogP contribution in [0.15, 0.2) is 33.9 Å². The molecular formula is C17H19N5O3. The van der Waals surface area contributed by atoms with Crippen molar-refractivity contribution in [2.45, 2.75) is 19.6 Å². The Labute approximate surface area is 143 Å². The second-order valence-corrected chi connectivity index (χ2v) is 6.50. The summed E-state index contributed by atoms with van der Waals surface area (Å²) in [6.07, 6.45) is -0.646. The molecule has 8 nitrogen and oxygen atoms in total. The van der Waals surface area contributed by atoms with Crippen molar-refractivity contribution >= 4 is 22.8 Å². The molecule has 1 aromatic carbocycles. The fourth-order valence-corrected chi connectivity index (χ4v) is 3.39. The van der Waals surface area contributed by atoms with Crippen LogP contribution in [0.3, 0.4) is 0 Å². The average molecular weight is 341 g/mol. The molecule has 4 rings (SSSR count). The van der Waals surface area contributed by atoms with Crippen molar-refractivity contribution in [2.75, 3.05) is 11.4 Å². The fraction of sp³-hybridized carbons (Fsp3) is 0.353. The Morgan fingerprint density at radius 3 is 2.64 bits per heavy atom. The van der Waals surface area contributed by atoms with Crippen LogP contribution in [0, 0.1) is 6.92 Å². The van der Waals surface area contributed by atoms with Crippen LogP contribution in [-0.4, -0.2) is 36.4 Å². The molecule has 0 bridgehead atoms. The molecule has 0 spiro atoms. The van der Waals surface area contributed by atoms with Crippen LogP contribution in [0.5, 0.6) is 0 Å². The Hall–Kier alpha value is -2.87. The molecule has 0 fully saturated rings. The highest BCUT2D eigenvalue weighted by Crippen LogP contribution is 2.31. The average Bonchev–Trinajstić information content (AvgIpc) is 2.96. The van der Waals surface area contributed by atoms with Gasteiger partial charge in [-0.05, 0) is 24.6 Å². The molecule has 0 aliphatic carbocycles. The molecule has 1 N–H and O–H groups in total. The topological polar surface area (TPSA) is 85.3 Å². The summed E-state index contributed by atoms with van der Waals surface area (Å²) in [5, 5.41) is 10.4. The van der Waals surface area contributed by atoms with E-state index in [9.17, 15) is 14.7 Å². The van der Waals surface area contributed by atoms with E-state index in [1.165, 1.54) is 11.6 Å². The first-order valence-corrected chi connectivity index (χ1v) is 8.07. The van der Waals surface area contributed by atoms with E-state index >= 15 is 0 Å². The molecular weight excluding hydrogens is 322 g/mol. The Kier molecular flexibility index (Phi) is 3.33. The Morgan fingerprint density at radius 1 is 1.16 bits per heavy atom. The lowest BCUT2D eigenvalue weighted by Crippen LogP contribution is -2.40. The SMILES string of the molecule is Cc1cccc(N2CC(O)Cn3c2nc2c3c(=O)n(C)c(=O)n2C)c1. The van der Waals surface area contributed by atoms with E-state index in [2.05, 4.69) is 4.98 Å². The van der Waals surface area contributed by atoms with E-state index in [4.69, 9.17) is 0 Å². The molecule has 0 saturated carbocycles. The van der Waals surface area contributed by atoms with Gasteiger partial charge in [-0.3, -0.25) is 13.9 Å². The summed E-state index contributed by atoms with van der Waals surface area (Å²) in [6.45, 7) is 2.63. The maximum Gasteiger partial charge on any atom is 0.332 e. The highest BCUT2D eigenvalue weighted by Gasteiger charge is 2.30. The second-order valence-electron chi connectivity index (χ2n) is 6.50. The molecule has 1 atom stereocenters. The number of hydrogen-bond donors (Lipinski definition) is 1. The van der Waals surface area contributed by atoms with Crippen LogP contribution in [0.25, 0.3) is 11.2 Å². The zero-order valence-electron chi connectivity index (χ0n) is 14.3. The molecule has 25 heavy (non-hydrogen) atoms. The number of nitrogens with zero attached hydrogens (tertiary/aromatic N) is 5. The number of aliphatic hydroxyl groups excluding tert-OH is 1. The quantitative estimate of drug-likeness (QED) is 0.686. The summed E-state index contributed by atoms with van der Waals surface area (Å²) in [5.41, 5.74) is 1.80. The molecule has 3 heterocycles. The lowest BCUT2D eigenvalue weighted by atomic mass is 10.2. The molecule has 130 valence electrons. The minimum atomic E-state index is -0.646. The van der Waals surface area contributed by atoms with Gasteiger partial charge in [0.1, 0.15) is 0 Å². The van der Waals surface area contributed by atoms with Gasteiger partial charge >= 0.3 is 5.69 Å². The van der Waals surface area contributed by atoms with E-state index in [0.29, 0.717) is 23.7 Å². The molecule has 0 saturated heterocycles. The van der Waals surface area contributed by atoms with Crippen molar-refractivity contribution in [3.8, 4) is 0 Å². The number of anilines is 2. The summed E-state index contributed by atoms with van der Waals surface area (Å²) in [5.74, 6) is 0.559. The summed E-state index contributed by atoms with van der Waals surface area (Å²) >= 11 is 0. The number of aromatic nitrogens is 4. The third-order valence-corrected chi connectivity index (χ3v) is 4.67. The number of rotatable bonds is 1. The van der Waals surface area contributed by atoms with Gasteiger partial charge in [0.2, 0.25) is 5.95 Å². The van der Waals surface area contributed by atoms with Crippen molar-refractivity contribution in [1.82, 2.24) is 18.7 Å². The van der Waals surface area contributed by atoms with Crippen molar-refractivity contribution < 1.29 is 5.11 Å². The molecule has 1 unspecified atom stereocenters. The normalized spacial score (nSPS) is 17.1. The van der Waals surface area contributed by atoms with Crippen LogP contribution in [0.1, 0.15) is 5.56 Å². The molecule has 0 amide bonds. The van der Waals surface area contributed by atoms with Crippen LogP contribution < -0.4 is 16.1 Å². The predicted octanol–water partition coefficient (Wildman–Crippen LogP) is 0.255. The molecule has 8 heteroatoms. The largest absolute Gasteiger partial charge is 0.389 e. The molecule has 1 aliphatic rings. The smallest absolute Gasteiger partial charge is 0.332 e. The Morgan fingerprint density at radius 2 is 1.92 bits per heavy atom. The van der Waals surface area contributed by atoms with Crippen molar-refractivity contribution in [2.24, 2.45) is 14.1 Å². The molecule has 3 aromatic rings. The third kappa shape index (κ3) is 2.21. The van der Waals surface area contributed by atoms with Crippen molar-refractivity contribution in [3.05, 3.63) is 50.7 Å². The first kappa shape index (κ1) is 15.6. The van der Waals surface area contributed by atoms with Gasteiger partial charge in [-0.2, -0.15) is 4.98 Å². The summed E-state index contributed by atoms with van der Waals surface area (Å²) in [4.78, 5) is 31.3. The maximum absolute atomic E-state index is 12.6. The summed E-state index contributed by atoms with van der Waals surface area (Å²) in [6, 6.07) is 7.87. The van der Waals surface area contributed by atoms with Crippen LogP contribution in [-0.2, 0) is 20.6 Å². The minimum Gasteiger partial charge on any atom is -0.389 e. The van der Waals surface area contributed by atoms with Crippen LogP contribution in [0.2, 0.25) is 0 Å². The molecule has 2 aromatic heterocycles. The van der Waals surface area contributed by atoms with Gasteiger partial charge in [0.25, 0.3) is 5.56 Å². The number of imidazole rings is 1. The zero-order valence-corrected chi connectivity index (χ0v) is 14.3. The van der Waals surface area contributed by atoms with E-state index in [1.54, 1.807) is 11.6 Å². The second kappa shape index (κ2) is 5.32. The Balaban J connectivity index is 2.05. The van der Waals surface area contributed by atoms with Gasteiger partial charge in [0, 0.05) is 19.8 Å². The number of aliphatic hydroxyl groups is 1. The van der Waals surface area contributed by atoms with E-state index < -0.39 is 17.4 Å². The standard InChI is InChI=1S/C17H19N5O3/c1-10-5-4-6-11(7-10)21-8-12(23)9-22-13-14(18-16(21)22)19(2)17(25)20(3)15(13)24/h4-7,12,23H,8-9H2,1-3H3. The lowest BCUT2D eigenvalue weighted by molar-refractivity contribution is 0.154. The number of benzene rings is 1. The monoisotopic (exact) mass is 341 g/mol. The number of aryl methyl sites for hydroxylation is 2. The summed E-state index contributed by atoms with van der Waals surface area (Å²) < 4.78 is 4.13. The van der Waals surface area contributed by atoms with Gasteiger partial charge in [-0.25, -0.2) is 4.79 Å². The maximum atomic E-state index is 12.6. The zero-order chi connectivity index (χ0) is 17.9. The van der Waals surface area contributed by atoms with Crippen molar-refractivity contribution in [1.29, 1.82) is 0 Å². The van der Waals surface area contributed by atoms with E-state index in [-0.39, 0.29) is 6.54 Å². The third-order valence-electron chi connectivity index (χ3n) is 4.67. The molecule has 0 radical (unpaired) electrons. The highest BCUT2D eigenvalue weighted by atomic mass is 16.3. The van der Waals surface area contributed by atoms with Gasteiger partial charge in [-0.1, -0.05) is 12.1 Å². The van der Waals surface area contributed by atoms with E-state index in [0.717, 1.165) is 15.8 Å². The minimum absolute atomic E-state index is 0.265. The van der Waals surface area contributed by atoms with Crippen LogP contribution >= 0.6 is 0 Å². The highest BCUT2D eigenvalue weighted by molar-refractivity contribution is 5.77. The van der Waals surface area contributed by atoms with Gasteiger partial charge in [0.05, 0.1) is 19.2 Å². The van der Waals surface area contributed by atoms with Gasteiger partial charge in [-0.15, -0.1) is 0 Å². The molecule has 1 aliphatic heterocycles. The fourth-order valence-electron chi connectivity index (χ4n) is 3.39. The number of hydrogen-bond acceptors (Lipinski definition) is 5. The van der Waals surface area contributed by atoms with E-state index in [1.807, 2.05) is 36.1 Å². The lowest BCUT2D eigenvalue weighted by Gasteiger charge is -2.32. The number of fused-ring (bicyclic) bond motifs is 3. The number of β-amino-alcohol motifs (C(OH)–C–C–N with tert-alkyl or cyclic N) is 1. The van der Waals surface area contributed by atoms with Crippen LogP contribution in [0.4, 0.5) is 11.6 Å². The van der Waals surface area contributed by atoms with Crippen molar-refractivity contribution in [3.63, 3.8) is 0 Å². The van der Waals surface area contributed by atoms with Gasteiger partial charge < -0.3 is 14.6 Å².